The Morgan fingerprint density at radius 3 is 3.00 bits per heavy atom. The summed E-state index contributed by atoms with van der Waals surface area (Å²) in [6.45, 7) is 4.46. The molecule has 1 atom stereocenters. The predicted molar refractivity (Wildman–Crippen MR) is 91.5 cm³/mol. The van der Waals surface area contributed by atoms with Gasteiger partial charge >= 0.3 is 0 Å². The van der Waals surface area contributed by atoms with Gasteiger partial charge in [-0.15, -0.1) is 5.10 Å². The van der Waals surface area contributed by atoms with Gasteiger partial charge in [-0.2, -0.15) is 0 Å². The number of hydrogen-bond acceptors (Lipinski definition) is 6. The maximum Gasteiger partial charge on any atom is 0.209 e. The van der Waals surface area contributed by atoms with Crippen LogP contribution in [0.2, 0.25) is 0 Å². The Morgan fingerprint density at radius 2 is 2.20 bits per heavy atom. The minimum Gasteiger partial charge on any atom is -0.439 e. The van der Waals surface area contributed by atoms with Crippen LogP contribution in [0, 0.1) is 6.92 Å². The van der Waals surface area contributed by atoms with Crippen molar-refractivity contribution >= 4 is 0 Å². The van der Waals surface area contributed by atoms with E-state index in [2.05, 4.69) is 33.2 Å². The molecular weight excluding hydrogens is 318 g/mol. The zero-order valence-corrected chi connectivity index (χ0v) is 14.2. The molecule has 130 valence electrons. The Balaban J connectivity index is 1.41. The molecule has 0 amide bonds. The number of aryl methyl sites for hydroxylation is 1. The number of likely N-dealkylation sites (tertiary alicyclic amines) is 1. The molecule has 2 aromatic heterocycles. The minimum atomic E-state index is -0.793. The molecule has 0 radical (unpaired) electrons. The van der Waals surface area contributed by atoms with Crippen LogP contribution in [-0.2, 0) is 13.1 Å². The average Bonchev–Trinajstić information content (AvgIpc) is 3.31. The summed E-state index contributed by atoms with van der Waals surface area (Å²) in [4.78, 5) is 6.56. The zero-order chi connectivity index (χ0) is 17.3. The van der Waals surface area contributed by atoms with Gasteiger partial charge in [-0.25, -0.2) is 9.67 Å². The first kappa shape index (κ1) is 16.0. The summed E-state index contributed by atoms with van der Waals surface area (Å²) in [5, 5.41) is 18.5. The Labute approximate surface area is 145 Å². The van der Waals surface area contributed by atoms with Crippen LogP contribution in [-0.4, -0.2) is 48.7 Å². The van der Waals surface area contributed by atoms with E-state index in [0.29, 0.717) is 31.9 Å². The van der Waals surface area contributed by atoms with Gasteiger partial charge < -0.3 is 9.52 Å². The average molecular weight is 339 g/mol. The molecule has 0 aliphatic carbocycles. The summed E-state index contributed by atoms with van der Waals surface area (Å²) < 4.78 is 7.60. The van der Waals surface area contributed by atoms with E-state index >= 15 is 0 Å². The van der Waals surface area contributed by atoms with E-state index in [9.17, 15) is 5.11 Å². The van der Waals surface area contributed by atoms with Crippen LogP contribution in [0.25, 0.3) is 11.3 Å². The van der Waals surface area contributed by atoms with E-state index in [0.717, 1.165) is 23.4 Å². The molecule has 0 saturated carbocycles. The van der Waals surface area contributed by atoms with Crippen molar-refractivity contribution in [1.29, 1.82) is 0 Å². The number of benzene rings is 1. The van der Waals surface area contributed by atoms with Crippen LogP contribution < -0.4 is 0 Å². The van der Waals surface area contributed by atoms with Gasteiger partial charge in [-0.05, 0) is 18.9 Å². The second-order valence-corrected chi connectivity index (χ2v) is 6.72. The van der Waals surface area contributed by atoms with Gasteiger partial charge in [0.15, 0.2) is 5.76 Å². The molecular formula is C18H21N5O2. The lowest BCUT2D eigenvalue weighted by atomic mass is 10.0. The number of hydrogen-bond donors (Lipinski definition) is 1. The molecule has 1 aliphatic heterocycles. The predicted octanol–water partition coefficient (Wildman–Crippen LogP) is 1.88. The smallest absolute Gasteiger partial charge is 0.209 e. The van der Waals surface area contributed by atoms with Crippen molar-refractivity contribution in [3.63, 3.8) is 0 Å². The van der Waals surface area contributed by atoms with E-state index in [-0.39, 0.29) is 0 Å². The van der Waals surface area contributed by atoms with Gasteiger partial charge in [0.1, 0.15) is 0 Å². The monoisotopic (exact) mass is 339 g/mol. The highest BCUT2D eigenvalue weighted by Gasteiger charge is 2.37. The van der Waals surface area contributed by atoms with Crippen molar-refractivity contribution in [2.24, 2.45) is 0 Å². The van der Waals surface area contributed by atoms with Crippen LogP contribution in [0.1, 0.15) is 17.9 Å². The van der Waals surface area contributed by atoms with Crippen molar-refractivity contribution < 1.29 is 9.52 Å². The third-order valence-corrected chi connectivity index (χ3v) is 4.66. The lowest BCUT2D eigenvalue weighted by molar-refractivity contribution is 0.0267. The maximum absolute atomic E-state index is 10.7. The fourth-order valence-corrected chi connectivity index (χ4v) is 3.37. The number of nitrogens with zero attached hydrogens (tertiary/aromatic N) is 5. The Morgan fingerprint density at radius 1 is 1.32 bits per heavy atom. The van der Waals surface area contributed by atoms with Crippen LogP contribution >= 0.6 is 0 Å². The fourth-order valence-electron chi connectivity index (χ4n) is 3.37. The number of β-amino-alcohol motifs (C(OH)–C–C–N with tert-alkyl or cyclic N) is 1. The second kappa shape index (κ2) is 6.42. The first-order chi connectivity index (χ1) is 12.1. The van der Waals surface area contributed by atoms with E-state index in [1.54, 1.807) is 23.3 Å². The molecule has 1 saturated heterocycles. The Hall–Kier alpha value is -2.51. The number of rotatable bonds is 5. The number of oxazole rings is 1. The summed E-state index contributed by atoms with van der Waals surface area (Å²) in [6.07, 6.45) is 5.85. The third-order valence-electron chi connectivity index (χ3n) is 4.66. The number of aliphatic hydroxyl groups is 1. The largest absolute Gasteiger partial charge is 0.439 e. The van der Waals surface area contributed by atoms with Crippen LogP contribution in [0.5, 0.6) is 0 Å². The summed E-state index contributed by atoms with van der Waals surface area (Å²) >= 11 is 0. The van der Waals surface area contributed by atoms with Gasteiger partial charge in [0, 0.05) is 24.8 Å². The molecule has 3 heterocycles. The summed E-state index contributed by atoms with van der Waals surface area (Å²) in [5.74, 6) is 1.45. The van der Waals surface area contributed by atoms with Gasteiger partial charge in [0.05, 0.1) is 31.1 Å². The molecule has 1 unspecified atom stereocenters. The Bertz CT molecular complexity index is 845. The van der Waals surface area contributed by atoms with Crippen molar-refractivity contribution in [2.75, 3.05) is 13.1 Å². The van der Waals surface area contributed by atoms with Crippen LogP contribution in [0.3, 0.4) is 0 Å². The molecule has 7 heteroatoms. The molecule has 3 aromatic rings. The molecule has 1 aliphatic rings. The first-order valence-corrected chi connectivity index (χ1v) is 8.41. The highest BCUT2D eigenvalue weighted by Crippen LogP contribution is 2.27. The molecule has 1 aromatic carbocycles. The third kappa shape index (κ3) is 3.47. The van der Waals surface area contributed by atoms with Gasteiger partial charge in [0.2, 0.25) is 5.89 Å². The molecule has 1 N–H and O–H groups in total. The van der Waals surface area contributed by atoms with Gasteiger partial charge in [0.25, 0.3) is 0 Å². The first-order valence-electron chi connectivity index (χ1n) is 8.41. The fraction of sp³-hybridized carbons (Fsp3) is 0.389. The SMILES string of the molecule is Cc1ccccc1-c1cnc(CN2CCC(O)(Cn3ccnn3)C2)o1. The van der Waals surface area contributed by atoms with Crippen molar-refractivity contribution in [2.45, 2.75) is 32.0 Å². The summed E-state index contributed by atoms with van der Waals surface area (Å²) in [5.41, 5.74) is 1.43. The number of aromatic nitrogens is 4. The molecule has 0 spiro atoms. The molecule has 7 nitrogen and oxygen atoms in total. The molecule has 25 heavy (non-hydrogen) atoms. The molecule has 4 rings (SSSR count). The second-order valence-electron chi connectivity index (χ2n) is 6.72. The standard InChI is InChI=1S/C18H21N5O2/c1-14-4-2-3-5-15(14)16-10-19-17(25-16)11-22-8-6-18(24,12-22)13-23-9-7-20-21-23/h2-5,7,9-10,24H,6,8,11-13H2,1H3. The zero-order valence-electron chi connectivity index (χ0n) is 14.2. The van der Waals surface area contributed by atoms with Crippen LogP contribution in [0.4, 0.5) is 0 Å². The normalized spacial score (nSPS) is 21.0. The highest BCUT2D eigenvalue weighted by atomic mass is 16.4. The molecule has 1 fully saturated rings. The summed E-state index contributed by atoms with van der Waals surface area (Å²) in [6, 6.07) is 8.10. The van der Waals surface area contributed by atoms with E-state index in [1.165, 1.54) is 0 Å². The maximum atomic E-state index is 10.7. The quantitative estimate of drug-likeness (QED) is 0.764. The highest BCUT2D eigenvalue weighted by molar-refractivity contribution is 5.60. The minimum absolute atomic E-state index is 0.448. The Kier molecular flexibility index (Phi) is 4.10. The lowest BCUT2D eigenvalue weighted by Gasteiger charge is -2.22. The van der Waals surface area contributed by atoms with E-state index in [4.69, 9.17) is 4.42 Å². The van der Waals surface area contributed by atoms with Crippen molar-refractivity contribution in [3.05, 3.63) is 54.3 Å². The van der Waals surface area contributed by atoms with E-state index < -0.39 is 5.60 Å². The topological polar surface area (TPSA) is 80.2 Å². The van der Waals surface area contributed by atoms with Crippen molar-refractivity contribution in [1.82, 2.24) is 24.9 Å². The summed E-state index contributed by atoms with van der Waals surface area (Å²) in [7, 11) is 0. The van der Waals surface area contributed by atoms with E-state index in [1.807, 2.05) is 18.2 Å². The van der Waals surface area contributed by atoms with Gasteiger partial charge in [-0.3, -0.25) is 4.90 Å². The lowest BCUT2D eigenvalue weighted by Crippen LogP contribution is -2.37. The van der Waals surface area contributed by atoms with Crippen molar-refractivity contribution in [3.8, 4) is 11.3 Å². The molecule has 0 bridgehead atoms. The van der Waals surface area contributed by atoms with Gasteiger partial charge in [-0.1, -0.05) is 29.5 Å². The van der Waals surface area contributed by atoms with Crippen LogP contribution in [0.15, 0.2) is 47.3 Å².